The van der Waals surface area contributed by atoms with Gasteiger partial charge in [-0.05, 0) is 20.8 Å². The molecule has 0 aromatic carbocycles. The molecular weight excluding hydrogens is 220 g/mol. The van der Waals surface area contributed by atoms with Crippen molar-refractivity contribution in [1.29, 1.82) is 0 Å². The van der Waals surface area contributed by atoms with Crippen LogP contribution in [0.25, 0.3) is 0 Å². The lowest BCUT2D eigenvalue weighted by Gasteiger charge is -2.24. The van der Waals surface area contributed by atoms with E-state index in [4.69, 9.17) is 13.3 Å². The third-order valence-corrected chi connectivity index (χ3v) is 3.82. The molecule has 0 saturated heterocycles. The Morgan fingerprint density at radius 1 is 0.875 bits per heavy atom. The molecule has 0 aliphatic carbocycles. The zero-order chi connectivity index (χ0) is 12.3. The molecule has 0 bridgehead atoms. The van der Waals surface area contributed by atoms with Crippen LogP contribution in [0, 0.1) is 0 Å². The minimum Gasteiger partial charge on any atom is -0.490 e. The summed E-state index contributed by atoms with van der Waals surface area (Å²) in [5.74, 6) is 0. The Morgan fingerprint density at radius 3 is 1.50 bits per heavy atom. The maximum atomic E-state index is 5.56. The van der Waals surface area contributed by atoms with E-state index in [9.17, 15) is 0 Å². The molecule has 0 aliphatic rings. The van der Waals surface area contributed by atoms with E-state index in [1.807, 2.05) is 20.8 Å². The molecule has 0 aliphatic heterocycles. The van der Waals surface area contributed by atoms with Gasteiger partial charge in [0.05, 0.1) is 24.8 Å². The molecule has 4 heteroatoms. The largest absolute Gasteiger partial charge is 0.701 e. The number of allylic oxidation sites excluding steroid dienone is 4. The second kappa shape index (κ2) is 8.85. The minimum absolute atomic E-state index is 0.548. The highest BCUT2D eigenvalue weighted by Crippen LogP contribution is 2.18. The zero-order valence-electron chi connectivity index (χ0n) is 10.2. The molecule has 16 heavy (non-hydrogen) atoms. The summed E-state index contributed by atoms with van der Waals surface area (Å²) in [5.41, 5.74) is 0. The van der Waals surface area contributed by atoms with Gasteiger partial charge in [0.15, 0.2) is 0 Å². The van der Waals surface area contributed by atoms with Crippen molar-refractivity contribution in [3.8, 4) is 0 Å². The van der Waals surface area contributed by atoms with Crippen molar-refractivity contribution in [1.82, 2.24) is 0 Å². The number of hydrogen-bond donors (Lipinski definition) is 0. The first-order valence-corrected chi connectivity index (χ1v) is 7.15. The highest BCUT2D eigenvalue weighted by molar-refractivity contribution is 6.61. The smallest absolute Gasteiger partial charge is 0.490 e. The van der Waals surface area contributed by atoms with Crippen LogP contribution in [0.3, 0.4) is 0 Å². The predicted molar refractivity (Wildman–Crippen MR) is 68.5 cm³/mol. The fourth-order valence-corrected chi connectivity index (χ4v) is 2.76. The van der Waals surface area contributed by atoms with Crippen LogP contribution in [-0.4, -0.2) is 8.80 Å². The van der Waals surface area contributed by atoms with Crippen LogP contribution in [0.2, 0.25) is 6.04 Å². The standard InChI is InChI=1S/C12H20O3Si/c1-5-9-13-16(12-8-4,14-10-6-2)15-11-7-3/h5-11H,4,12H2,1-3H3. The first-order valence-electron chi connectivity index (χ1n) is 5.22. The molecule has 0 spiro atoms. The van der Waals surface area contributed by atoms with Gasteiger partial charge in [0.2, 0.25) is 0 Å². The van der Waals surface area contributed by atoms with E-state index in [2.05, 4.69) is 6.58 Å². The molecule has 0 saturated carbocycles. The quantitative estimate of drug-likeness (QED) is 0.367. The van der Waals surface area contributed by atoms with Crippen molar-refractivity contribution in [3.63, 3.8) is 0 Å². The second-order valence-electron chi connectivity index (χ2n) is 2.94. The normalized spacial score (nSPS) is 15.4. The van der Waals surface area contributed by atoms with Gasteiger partial charge in [-0.25, -0.2) is 0 Å². The molecule has 0 fully saturated rings. The van der Waals surface area contributed by atoms with E-state index in [1.165, 1.54) is 0 Å². The van der Waals surface area contributed by atoms with E-state index in [-0.39, 0.29) is 0 Å². The molecule has 0 radical (unpaired) electrons. The highest BCUT2D eigenvalue weighted by atomic mass is 28.4. The Hall–Kier alpha value is -1.42. The molecule has 0 heterocycles. The summed E-state index contributed by atoms with van der Waals surface area (Å²) in [5, 5.41) is 0. The van der Waals surface area contributed by atoms with Gasteiger partial charge in [0, 0.05) is 0 Å². The first kappa shape index (κ1) is 14.6. The van der Waals surface area contributed by atoms with Crippen LogP contribution in [0.4, 0.5) is 0 Å². The summed E-state index contributed by atoms with van der Waals surface area (Å²) in [7, 11) is -2.74. The third kappa shape index (κ3) is 5.46. The van der Waals surface area contributed by atoms with Crippen molar-refractivity contribution in [3.05, 3.63) is 49.7 Å². The molecule has 0 atom stereocenters. The van der Waals surface area contributed by atoms with E-state index in [0.717, 1.165) is 0 Å². The lowest BCUT2D eigenvalue weighted by molar-refractivity contribution is 0.184. The average Bonchev–Trinajstić information content (AvgIpc) is 2.31. The molecule has 0 aromatic rings. The van der Waals surface area contributed by atoms with Crippen LogP contribution in [0.5, 0.6) is 0 Å². The van der Waals surface area contributed by atoms with E-state index < -0.39 is 8.80 Å². The van der Waals surface area contributed by atoms with Crippen molar-refractivity contribution < 1.29 is 13.3 Å². The molecule has 90 valence electrons. The summed E-state index contributed by atoms with van der Waals surface area (Å²) >= 11 is 0. The van der Waals surface area contributed by atoms with Gasteiger partial charge in [-0.1, -0.05) is 24.3 Å². The van der Waals surface area contributed by atoms with Gasteiger partial charge in [-0.2, -0.15) is 0 Å². The summed E-state index contributed by atoms with van der Waals surface area (Å²) < 4.78 is 16.7. The maximum absolute atomic E-state index is 5.56. The lowest BCUT2D eigenvalue weighted by Crippen LogP contribution is -2.41. The zero-order valence-corrected chi connectivity index (χ0v) is 11.2. The fourth-order valence-electron chi connectivity index (χ4n) is 0.920. The molecule has 3 nitrogen and oxygen atoms in total. The molecule has 0 N–H and O–H groups in total. The minimum atomic E-state index is -2.74. The molecular formula is C12H20O3Si. The van der Waals surface area contributed by atoms with Crippen LogP contribution in [0.15, 0.2) is 49.7 Å². The van der Waals surface area contributed by atoms with Gasteiger partial charge in [0.25, 0.3) is 0 Å². The summed E-state index contributed by atoms with van der Waals surface area (Å²) in [6.45, 7) is 9.31. The predicted octanol–water partition coefficient (Wildman–Crippen LogP) is 3.76. The van der Waals surface area contributed by atoms with E-state index in [0.29, 0.717) is 6.04 Å². The lowest BCUT2D eigenvalue weighted by atomic mass is 10.7. The summed E-state index contributed by atoms with van der Waals surface area (Å²) in [6.07, 6.45) is 11.9. The molecule has 0 rings (SSSR count). The Morgan fingerprint density at radius 2 is 1.25 bits per heavy atom. The van der Waals surface area contributed by atoms with Crippen molar-refractivity contribution >= 4 is 8.80 Å². The Labute approximate surface area is 99.1 Å². The van der Waals surface area contributed by atoms with Gasteiger partial charge in [0.1, 0.15) is 0 Å². The number of hydrogen-bond acceptors (Lipinski definition) is 3. The summed E-state index contributed by atoms with van der Waals surface area (Å²) in [4.78, 5) is 0. The second-order valence-corrected chi connectivity index (χ2v) is 5.42. The molecule has 0 aromatic heterocycles. The maximum Gasteiger partial charge on any atom is 0.701 e. The Kier molecular flexibility index (Phi) is 8.06. The van der Waals surface area contributed by atoms with Gasteiger partial charge < -0.3 is 13.3 Å². The average molecular weight is 240 g/mol. The number of rotatable bonds is 8. The van der Waals surface area contributed by atoms with Crippen molar-refractivity contribution in [2.75, 3.05) is 0 Å². The van der Waals surface area contributed by atoms with Crippen molar-refractivity contribution in [2.45, 2.75) is 26.8 Å². The topological polar surface area (TPSA) is 27.7 Å². The highest BCUT2D eigenvalue weighted by Gasteiger charge is 2.44. The Bertz CT molecular complexity index is 233. The molecule has 0 unspecified atom stereocenters. The monoisotopic (exact) mass is 240 g/mol. The SMILES string of the molecule is C=CC[Si](OC=CC)(OC=CC)OC=CC. The van der Waals surface area contributed by atoms with E-state index >= 15 is 0 Å². The van der Waals surface area contributed by atoms with Gasteiger partial charge in [-0.3, -0.25) is 0 Å². The van der Waals surface area contributed by atoms with Crippen LogP contribution >= 0.6 is 0 Å². The van der Waals surface area contributed by atoms with Crippen LogP contribution in [-0.2, 0) is 13.3 Å². The van der Waals surface area contributed by atoms with Crippen LogP contribution in [0.1, 0.15) is 20.8 Å². The Balaban J connectivity index is 4.77. The fraction of sp³-hybridized carbons (Fsp3) is 0.333. The van der Waals surface area contributed by atoms with Gasteiger partial charge >= 0.3 is 8.80 Å². The molecule has 0 amide bonds. The van der Waals surface area contributed by atoms with Gasteiger partial charge in [-0.15, -0.1) is 6.58 Å². The summed E-state index contributed by atoms with van der Waals surface area (Å²) in [6, 6.07) is 0.548. The van der Waals surface area contributed by atoms with Crippen LogP contribution < -0.4 is 0 Å². The first-order chi connectivity index (χ1) is 7.74. The van der Waals surface area contributed by atoms with E-state index in [1.54, 1.807) is 43.1 Å². The third-order valence-electron chi connectivity index (χ3n) is 1.55. The van der Waals surface area contributed by atoms with Crippen molar-refractivity contribution in [2.24, 2.45) is 0 Å².